The van der Waals surface area contributed by atoms with Gasteiger partial charge in [-0.2, -0.15) is 0 Å². The third kappa shape index (κ3) is 2.68. The third-order valence-electron chi connectivity index (χ3n) is 4.41. The highest BCUT2D eigenvalue weighted by Crippen LogP contribution is 2.33. The van der Waals surface area contributed by atoms with E-state index in [0.717, 1.165) is 18.5 Å². The second-order valence-electron chi connectivity index (χ2n) is 6.13. The molecule has 1 atom stereocenters. The van der Waals surface area contributed by atoms with Crippen molar-refractivity contribution in [2.75, 3.05) is 13.1 Å². The van der Waals surface area contributed by atoms with Crippen LogP contribution in [0.4, 0.5) is 4.39 Å². The number of rotatable bonds is 2. The minimum Gasteiger partial charge on any atom is -0.466 e. The van der Waals surface area contributed by atoms with Crippen LogP contribution < -0.4 is 10.1 Å². The van der Waals surface area contributed by atoms with Gasteiger partial charge in [-0.3, -0.25) is 9.69 Å². The first-order valence-corrected chi connectivity index (χ1v) is 7.71. The average molecular weight is 312 g/mol. The Hall–Kier alpha value is -2.40. The van der Waals surface area contributed by atoms with Gasteiger partial charge in [0.1, 0.15) is 11.6 Å². The zero-order valence-electron chi connectivity index (χ0n) is 12.6. The Morgan fingerprint density at radius 3 is 2.78 bits per heavy atom. The van der Waals surface area contributed by atoms with Crippen LogP contribution in [0.15, 0.2) is 48.5 Å². The van der Waals surface area contributed by atoms with Crippen LogP contribution in [0.2, 0.25) is 0 Å². The molecular formula is C18H17FN2O2. The van der Waals surface area contributed by atoms with E-state index in [1.54, 1.807) is 18.2 Å². The average Bonchev–Trinajstić information content (AvgIpc) is 2.91. The molecule has 2 aliphatic rings. The lowest BCUT2D eigenvalue weighted by atomic mass is 10.1. The molecule has 1 N–H and O–H groups in total. The number of carbonyl (C=O) groups is 1. The molecule has 2 aromatic rings. The molecule has 0 saturated carbocycles. The number of amides is 1. The van der Waals surface area contributed by atoms with Crippen LogP contribution in [0.3, 0.4) is 0 Å². The molecule has 0 aliphatic carbocycles. The summed E-state index contributed by atoms with van der Waals surface area (Å²) >= 11 is 0. The van der Waals surface area contributed by atoms with Gasteiger partial charge in [0.05, 0.1) is 12.1 Å². The lowest BCUT2D eigenvalue weighted by Crippen LogP contribution is -2.57. The van der Waals surface area contributed by atoms with E-state index in [-0.39, 0.29) is 11.7 Å². The molecule has 2 heterocycles. The van der Waals surface area contributed by atoms with Crippen molar-refractivity contribution in [2.45, 2.75) is 18.7 Å². The van der Waals surface area contributed by atoms with E-state index in [0.29, 0.717) is 24.4 Å². The zero-order chi connectivity index (χ0) is 15.9. The first kappa shape index (κ1) is 14.2. The third-order valence-corrected chi connectivity index (χ3v) is 4.41. The molecule has 118 valence electrons. The number of hydrogen-bond donors (Lipinski definition) is 1. The van der Waals surface area contributed by atoms with E-state index in [2.05, 4.69) is 10.2 Å². The van der Waals surface area contributed by atoms with E-state index in [1.807, 2.05) is 18.2 Å². The van der Waals surface area contributed by atoms with Crippen LogP contribution in [-0.4, -0.2) is 29.6 Å². The van der Waals surface area contributed by atoms with Crippen LogP contribution in [0.25, 0.3) is 0 Å². The summed E-state index contributed by atoms with van der Waals surface area (Å²) in [5.74, 6) is 0.321. The Labute approximate surface area is 133 Å². The van der Waals surface area contributed by atoms with Crippen LogP contribution in [-0.2, 0) is 6.54 Å². The van der Waals surface area contributed by atoms with Crippen molar-refractivity contribution >= 4 is 5.91 Å². The van der Waals surface area contributed by atoms with Crippen LogP contribution >= 0.6 is 0 Å². The summed E-state index contributed by atoms with van der Waals surface area (Å²) in [5, 5.41) is 3.01. The van der Waals surface area contributed by atoms with Crippen molar-refractivity contribution in [2.24, 2.45) is 0 Å². The standard InChI is InChI=1S/C18H17FN2O2/c19-14-7-5-13(6-8-14)11-21-10-9-18(12-21)20-17(22)15-3-1-2-4-16(15)23-18/h1-8H,9-12H2,(H,20,22). The van der Waals surface area contributed by atoms with Gasteiger partial charge in [-0.1, -0.05) is 24.3 Å². The van der Waals surface area contributed by atoms with Crippen LogP contribution in [0, 0.1) is 5.82 Å². The largest absolute Gasteiger partial charge is 0.466 e. The second-order valence-corrected chi connectivity index (χ2v) is 6.13. The number of benzene rings is 2. The quantitative estimate of drug-likeness (QED) is 0.926. The Morgan fingerprint density at radius 2 is 1.96 bits per heavy atom. The van der Waals surface area contributed by atoms with Gasteiger partial charge in [0.2, 0.25) is 0 Å². The molecule has 1 saturated heterocycles. The number of hydrogen-bond acceptors (Lipinski definition) is 3. The van der Waals surface area contributed by atoms with E-state index >= 15 is 0 Å². The number of nitrogens with zero attached hydrogens (tertiary/aromatic N) is 1. The van der Waals surface area contributed by atoms with Gasteiger partial charge >= 0.3 is 0 Å². The van der Waals surface area contributed by atoms with Crippen LogP contribution in [0.5, 0.6) is 5.75 Å². The molecule has 1 spiro atoms. The normalized spacial score (nSPS) is 23.4. The number of carbonyl (C=O) groups excluding carboxylic acids is 1. The molecule has 0 radical (unpaired) electrons. The molecule has 2 aromatic carbocycles. The van der Waals surface area contributed by atoms with Crippen molar-refractivity contribution in [3.63, 3.8) is 0 Å². The van der Waals surface area contributed by atoms with Crippen molar-refractivity contribution < 1.29 is 13.9 Å². The Kier molecular flexibility index (Phi) is 3.31. The van der Waals surface area contributed by atoms with Gasteiger partial charge in [0, 0.05) is 19.5 Å². The van der Waals surface area contributed by atoms with E-state index in [1.165, 1.54) is 12.1 Å². The number of likely N-dealkylation sites (tertiary alicyclic amines) is 1. The number of para-hydroxylation sites is 1. The molecule has 0 aromatic heterocycles. The minimum atomic E-state index is -0.661. The smallest absolute Gasteiger partial charge is 0.258 e. The fraction of sp³-hybridized carbons (Fsp3) is 0.278. The second kappa shape index (κ2) is 5.35. The lowest BCUT2D eigenvalue weighted by molar-refractivity contribution is 0.0245. The van der Waals surface area contributed by atoms with Gasteiger partial charge < -0.3 is 10.1 Å². The Bertz CT molecular complexity index is 747. The van der Waals surface area contributed by atoms with Gasteiger partial charge in [-0.15, -0.1) is 0 Å². The number of nitrogens with one attached hydrogen (secondary N) is 1. The molecule has 1 amide bonds. The molecule has 4 rings (SSSR count). The highest BCUT2D eigenvalue weighted by molar-refractivity contribution is 5.98. The maximum Gasteiger partial charge on any atom is 0.258 e. The summed E-state index contributed by atoms with van der Waals surface area (Å²) < 4.78 is 19.1. The monoisotopic (exact) mass is 312 g/mol. The summed E-state index contributed by atoms with van der Waals surface area (Å²) in [7, 11) is 0. The topological polar surface area (TPSA) is 41.6 Å². The maximum absolute atomic E-state index is 13.0. The first-order chi connectivity index (χ1) is 11.1. The predicted octanol–water partition coefficient (Wildman–Crippen LogP) is 2.55. The first-order valence-electron chi connectivity index (χ1n) is 7.71. The van der Waals surface area contributed by atoms with Gasteiger partial charge in [-0.05, 0) is 29.8 Å². The summed E-state index contributed by atoms with van der Waals surface area (Å²) in [5.41, 5.74) is 0.965. The highest BCUT2D eigenvalue weighted by atomic mass is 19.1. The summed E-state index contributed by atoms with van der Waals surface area (Å²) in [6, 6.07) is 13.8. The fourth-order valence-corrected chi connectivity index (χ4v) is 3.28. The van der Waals surface area contributed by atoms with E-state index in [4.69, 9.17) is 4.74 Å². The molecule has 4 nitrogen and oxygen atoms in total. The maximum atomic E-state index is 13.0. The van der Waals surface area contributed by atoms with Gasteiger partial charge in [0.15, 0.2) is 5.72 Å². The molecule has 0 bridgehead atoms. The predicted molar refractivity (Wildman–Crippen MR) is 83.6 cm³/mol. The van der Waals surface area contributed by atoms with Gasteiger partial charge in [0.25, 0.3) is 5.91 Å². The summed E-state index contributed by atoms with van der Waals surface area (Å²) in [4.78, 5) is 14.5. The minimum absolute atomic E-state index is 0.0875. The number of ether oxygens (including phenoxy) is 1. The van der Waals surface area contributed by atoms with Crippen molar-refractivity contribution in [3.8, 4) is 5.75 Å². The Balaban J connectivity index is 1.50. The molecule has 23 heavy (non-hydrogen) atoms. The SMILES string of the molecule is O=C1NC2(CCN(Cc3ccc(F)cc3)C2)Oc2ccccc21. The summed E-state index contributed by atoms with van der Waals surface area (Å²) in [6.07, 6.45) is 0.730. The van der Waals surface area contributed by atoms with E-state index in [9.17, 15) is 9.18 Å². The fourth-order valence-electron chi connectivity index (χ4n) is 3.28. The molecule has 1 unspecified atom stereocenters. The van der Waals surface area contributed by atoms with Crippen molar-refractivity contribution in [1.29, 1.82) is 0 Å². The van der Waals surface area contributed by atoms with Crippen molar-refractivity contribution in [3.05, 3.63) is 65.5 Å². The summed E-state index contributed by atoms with van der Waals surface area (Å²) in [6.45, 7) is 2.15. The molecular weight excluding hydrogens is 295 g/mol. The Morgan fingerprint density at radius 1 is 1.17 bits per heavy atom. The highest BCUT2D eigenvalue weighted by Gasteiger charge is 2.45. The number of halogens is 1. The van der Waals surface area contributed by atoms with Crippen molar-refractivity contribution in [1.82, 2.24) is 10.2 Å². The zero-order valence-corrected chi connectivity index (χ0v) is 12.6. The molecule has 5 heteroatoms. The molecule has 2 aliphatic heterocycles. The van der Waals surface area contributed by atoms with Gasteiger partial charge in [-0.25, -0.2) is 4.39 Å². The lowest BCUT2D eigenvalue weighted by Gasteiger charge is -2.36. The van der Waals surface area contributed by atoms with Crippen LogP contribution in [0.1, 0.15) is 22.3 Å². The van der Waals surface area contributed by atoms with E-state index < -0.39 is 5.72 Å². The number of fused-ring (bicyclic) bond motifs is 1. The molecule has 1 fully saturated rings.